The minimum absolute atomic E-state index is 0.00494. The molecule has 2 rings (SSSR count). The zero-order chi connectivity index (χ0) is 13.7. The minimum atomic E-state index is -0.186. The van der Waals surface area contributed by atoms with E-state index in [9.17, 15) is 9.59 Å². The van der Waals surface area contributed by atoms with E-state index < -0.39 is 0 Å². The molecule has 0 bridgehead atoms. The SMILES string of the molecule is O=C(/C=C/c1ccc(O)cc1)NC1CCC(=O)NC1. The molecule has 1 aromatic rings. The Morgan fingerprint density at radius 3 is 2.74 bits per heavy atom. The van der Waals surface area contributed by atoms with Crippen molar-refractivity contribution in [2.45, 2.75) is 18.9 Å². The van der Waals surface area contributed by atoms with Gasteiger partial charge in [-0.1, -0.05) is 12.1 Å². The Morgan fingerprint density at radius 1 is 1.37 bits per heavy atom. The molecule has 1 aliphatic rings. The summed E-state index contributed by atoms with van der Waals surface area (Å²) in [5, 5.41) is 14.7. The number of benzene rings is 1. The van der Waals surface area contributed by atoms with Crippen molar-refractivity contribution in [1.29, 1.82) is 0 Å². The van der Waals surface area contributed by atoms with Crippen LogP contribution in [0.3, 0.4) is 0 Å². The molecule has 1 aromatic carbocycles. The van der Waals surface area contributed by atoms with Crippen LogP contribution in [0.15, 0.2) is 30.3 Å². The highest BCUT2D eigenvalue weighted by molar-refractivity contribution is 5.92. The van der Waals surface area contributed by atoms with Gasteiger partial charge in [0.25, 0.3) is 0 Å². The molecule has 1 aliphatic heterocycles. The summed E-state index contributed by atoms with van der Waals surface area (Å²) in [5.74, 6) is 0.0407. The minimum Gasteiger partial charge on any atom is -0.508 e. The quantitative estimate of drug-likeness (QED) is 0.703. The number of piperidine rings is 1. The average molecular weight is 260 g/mol. The summed E-state index contributed by atoms with van der Waals surface area (Å²) in [4.78, 5) is 22.6. The van der Waals surface area contributed by atoms with Crippen LogP contribution in [0.4, 0.5) is 0 Å². The second-order valence-electron chi connectivity index (χ2n) is 4.47. The lowest BCUT2D eigenvalue weighted by Crippen LogP contribution is -2.47. The van der Waals surface area contributed by atoms with Crippen LogP contribution >= 0.6 is 0 Å². The molecule has 0 aliphatic carbocycles. The van der Waals surface area contributed by atoms with Crippen molar-refractivity contribution in [3.05, 3.63) is 35.9 Å². The molecule has 5 nitrogen and oxygen atoms in total. The van der Waals surface area contributed by atoms with Gasteiger partial charge in [-0.25, -0.2) is 0 Å². The second-order valence-corrected chi connectivity index (χ2v) is 4.47. The Morgan fingerprint density at radius 2 is 2.11 bits per heavy atom. The largest absolute Gasteiger partial charge is 0.508 e. The van der Waals surface area contributed by atoms with Gasteiger partial charge in [0, 0.05) is 25.1 Å². The predicted octanol–water partition coefficient (Wildman–Crippen LogP) is 0.800. The van der Waals surface area contributed by atoms with Gasteiger partial charge in [-0.3, -0.25) is 9.59 Å². The number of aromatic hydroxyl groups is 1. The fourth-order valence-electron chi connectivity index (χ4n) is 1.86. The fourth-order valence-corrected chi connectivity index (χ4v) is 1.86. The Kier molecular flexibility index (Phi) is 4.18. The number of hydrogen-bond acceptors (Lipinski definition) is 3. The van der Waals surface area contributed by atoms with Gasteiger partial charge in [0.1, 0.15) is 5.75 Å². The summed E-state index contributed by atoms with van der Waals surface area (Å²) in [6, 6.07) is 6.57. The molecule has 1 atom stereocenters. The number of carbonyl (C=O) groups is 2. The van der Waals surface area contributed by atoms with Gasteiger partial charge in [0.15, 0.2) is 0 Å². The van der Waals surface area contributed by atoms with Crippen LogP contribution in [-0.4, -0.2) is 29.5 Å². The first kappa shape index (κ1) is 13.1. The molecule has 5 heteroatoms. The zero-order valence-corrected chi connectivity index (χ0v) is 10.4. The van der Waals surface area contributed by atoms with E-state index in [0.29, 0.717) is 19.4 Å². The predicted molar refractivity (Wildman–Crippen MR) is 71.3 cm³/mol. The third-order valence-electron chi connectivity index (χ3n) is 2.93. The first-order valence-corrected chi connectivity index (χ1v) is 6.18. The van der Waals surface area contributed by atoms with E-state index in [-0.39, 0.29) is 23.6 Å². The van der Waals surface area contributed by atoms with Gasteiger partial charge in [-0.05, 0) is 30.2 Å². The lowest BCUT2D eigenvalue weighted by Gasteiger charge is -2.22. The first-order valence-electron chi connectivity index (χ1n) is 6.18. The number of rotatable bonds is 3. The lowest BCUT2D eigenvalue weighted by molar-refractivity contribution is -0.124. The third-order valence-corrected chi connectivity index (χ3v) is 2.93. The van der Waals surface area contributed by atoms with Gasteiger partial charge in [0.2, 0.25) is 11.8 Å². The third kappa shape index (κ3) is 4.13. The number of phenolic OH excluding ortho intramolecular Hbond substituents is 1. The molecule has 100 valence electrons. The van der Waals surface area contributed by atoms with E-state index in [1.165, 1.54) is 6.08 Å². The molecule has 1 heterocycles. The topological polar surface area (TPSA) is 78.4 Å². The highest BCUT2D eigenvalue weighted by Crippen LogP contribution is 2.10. The van der Waals surface area contributed by atoms with E-state index in [1.807, 2.05) is 0 Å². The van der Waals surface area contributed by atoms with Crippen molar-refractivity contribution >= 4 is 17.9 Å². The molecule has 3 N–H and O–H groups in total. The molecule has 1 unspecified atom stereocenters. The van der Waals surface area contributed by atoms with E-state index in [1.54, 1.807) is 30.3 Å². The maximum absolute atomic E-state index is 11.7. The van der Waals surface area contributed by atoms with Crippen LogP contribution in [0.5, 0.6) is 5.75 Å². The van der Waals surface area contributed by atoms with Gasteiger partial charge in [-0.15, -0.1) is 0 Å². The van der Waals surface area contributed by atoms with Crippen molar-refractivity contribution in [2.24, 2.45) is 0 Å². The van der Waals surface area contributed by atoms with Crippen molar-refractivity contribution in [2.75, 3.05) is 6.54 Å². The molecular formula is C14H16N2O3. The molecule has 2 amide bonds. The highest BCUT2D eigenvalue weighted by atomic mass is 16.3. The fraction of sp³-hybridized carbons (Fsp3) is 0.286. The normalized spacial score (nSPS) is 19.2. The van der Waals surface area contributed by atoms with Crippen molar-refractivity contribution in [3.8, 4) is 5.75 Å². The van der Waals surface area contributed by atoms with E-state index in [2.05, 4.69) is 10.6 Å². The van der Waals surface area contributed by atoms with Crippen molar-refractivity contribution in [3.63, 3.8) is 0 Å². The molecule has 1 fully saturated rings. The molecule has 0 radical (unpaired) electrons. The average Bonchev–Trinajstić information content (AvgIpc) is 2.41. The summed E-state index contributed by atoms with van der Waals surface area (Å²) in [6.07, 6.45) is 4.25. The van der Waals surface area contributed by atoms with Crippen LogP contribution < -0.4 is 10.6 Å². The zero-order valence-electron chi connectivity index (χ0n) is 10.4. The summed E-state index contributed by atoms with van der Waals surface area (Å²) in [7, 11) is 0. The van der Waals surface area contributed by atoms with E-state index in [4.69, 9.17) is 5.11 Å². The Labute approximate surface area is 111 Å². The number of hydrogen-bond donors (Lipinski definition) is 3. The molecule has 0 spiro atoms. The smallest absolute Gasteiger partial charge is 0.244 e. The van der Waals surface area contributed by atoms with Crippen LogP contribution in [0, 0.1) is 0 Å². The maximum Gasteiger partial charge on any atom is 0.244 e. The standard InChI is InChI=1S/C14H16N2O3/c17-12-5-1-10(2-6-12)3-7-14(19)16-11-4-8-13(18)15-9-11/h1-3,5-7,11,17H,4,8-9H2,(H,15,18)(H,16,19)/b7-3+. The molecular weight excluding hydrogens is 244 g/mol. The summed E-state index contributed by atoms with van der Waals surface area (Å²) >= 11 is 0. The Balaban J connectivity index is 1.83. The summed E-state index contributed by atoms with van der Waals surface area (Å²) in [6.45, 7) is 0.484. The van der Waals surface area contributed by atoms with Crippen LogP contribution in [0.25, 0.3) is 6.08 Å². The lowest BCUT2D eigenvalue weighted by atomic mass is 10.1. The molecule has 0 saturated carbocycles. The van der Waals surface area contributed by atoms with Crippen LogP contribution in [0.2, 0.25) is 0 Å². The van der Waals surface area contributed by atoms with Crippen molar-refractivity contribution in [1.82, 2.24) is 10.6 Å². The maximum atomic E-state index is 11.7. The van der Waals surface area contributed by atoms with Gasteiger partial charge in [0.05, 0.1) is 0 Å². The van der Waals surface area contributed by atoms with Crippen molar-refractivity contribution < 1.29 is 14.7 Å². The Bertz CT molecular complexity index is 484. The number of phenols is 1. The molecule has 19 heavy (non-hydrogen) atoms. The number of carbonyl (C=O) groups excluding carboxylic acids is 2. The van der Waals surface area contributed by atoms with E-state index in [0.717, 1.165) is 5.56 Å². The van der Waals surface area contributed by atoms with Gasteiger partial charge >= 0.3 is 0 Å². The monoisotopic (exact) mass is 260 g/mol. The van der Waals surface area contributed by atoms with Gasteiger partial charge in [-0.2, -0.15) is 0 Å². The molecule has 1 saturated heterocycles. The number of nitrogens with one attached hydrogen (secondary N) is 2. The van der Waals surface area contributed by atoms with Crippen LogP contribution in [-0.2, 0) is 9.59 Å². The first-order chi connectivity index (χ1) is 9.13. The highest BCUT2D eigenvalue weighted by Gasteiger charge is 2.18. The summed E-state index contributed by atoms with van der Waals surface area (Å²) in [5.41, 5.74) is 0.838. The summed E-state index contributed by atoms with van der Waals surface area (Å²) < 4.78 is 0. The van der Waals surface area contributed by atoms with E-state index >= 15 is 0 Å². The second kappa shape index (κ2) is 6.04. The van der Waals surface area contributed by atoms with Gasteiger partial charge < -0.3 is 15.7 Å². The Hall–Kier alpha value is -2.30. The molecule has 0 aromatic heterocycles. The number of amides is 2. The van der Waals surface area contributed by atoms with Crippen LogP contribution in [0.1, 0.15) is 18.4 Å².